The van der Waals surface area contributed by atoms with Crippen LogP contribution in [0.25, 0.3) is 22.6 Å². The summed E-state index contributed by atoms with van der Waals surface area (Å²) in [6.07, 6.45) is 8.26. The van der Waals surface area contributed by atoms with Crippen LogP contribution in [0.4, 0.5) is 0 Å². The third-order valence-corrected chi connectivity index (χ3v) is 4.94. The molecular weight excluding hydrogens is 344 g/mol. The summed E-state index contributed by atoms with van der Waals surface area (Å²) in [7, 11) is 3.70. The lowest BCUT2D eigenvalue weighted by atomic mass is 10.1. The van der Waals surface area contributed by atoms with Crippen molar-refractivity contribution < 1.29 is 9.90 Å². The van der Waals surface area contributed by atoms with Gasteiger partial charge in [-0.1, -0.05) is 0 Å². The van der Waals surface area contributed by atoms with Gasteiger partial charge in [0.05, 0.1) is 6.10 Å². The third kappa shape index (κ3) is 3.35. The Labute approximate surface area is 157 Å². The standard InChI is InChI=1S/C19H22N6O2/c1-23-11-13(8-17(23)19(27)25-7-3-4-15(26)12-25)14-9-20-18(21-10-14)16-5-6-22-24(16)2/h5-6,8-11,15,26H,3-4,7,12H2,1-2H3. The van der Waals surface area contributed by atoms with Crippen molar-refractivity contribution in [3.05, 3.63) is 42.6 Å². The van der Waals surface area contributed by atoms with Crippen molar-refractivity contribution in [2.45, 2.75) is 18.9 Å². The molecule has 3 aromatic heterocycles. The number of hydrogen-bond donors (Lipinski definition) is 1. The van der Waals surface area contributed by atoms with Crippen LogP contribution < -0.4 is 0 Å². The molecule has 140 valence electrons. The highest BCUT2D eigenvalue weighted by Gasteiger charge is 2.25. The summed E-state index contributed by atoms with van der Waals surface area (Å²) in [5.41, 5.74) is 3.16. The maximum atomic E-state index is 12.8. The van der Waals surface area contributed by atoms with Crippen LogP contribution in [0, 0.1) is 0 Å². The molecule has 8 heteroatoms. The number of amides is 1. The Hall–Kier alpha value is -3.00. The number of hydrogen-bond acceptors (Lipinski definition) is 5. The largest absolute Gasteiger partial charge is 0.391 e. The second-order valence-corrected chi connectivity index (χ2v) is 6.91. The van der Waals surface area contributed by atoms with Crippen LogP contribution in [0.2, 0.25) is 0 Å². The van der Waals surface area contributed by atoms with Crippen LogP contribution in [0.3, 0.4) is 0 Å². The maximum Gasteiger partial charge on any atom is 0.270 e. The zero-order chi connectivity index (χ0) is 19.0. The molecule has 4 heterocycles. The predicted octanol–water partition coefficient (Wildman–Crippen LogP) is 1.48. The zero-order valence-corrected chi connectivity index (χ0v) is 15.4. The van der Waals surface area contributed by atoms with Gasteiger partial charge in [-0.15, -0.1) is 0 Å². The Morgan fingerprint density at radius 2 is 2.00 bits per heavy atom. The molecule has 0 radical (unpaired) electrons. The Bertz CT molecular complexity index is 959. The molecule has 0 aromatic carbocycles. The summed E-state index contributed by atoms with van der Waals surface area (Å²) >= 11 is 0. The van der Waals surface area contributed by atoms with Gasteiger partial charge >= 0.3 is 0 Å². The highest BCUT2D eigenvalue weighted by Crippen LogP contribution is 2.24. The van der Waals surface area contributed by atoms with Gasteiger partial charge in [-0.05, 0) is 25.0 Å². The molecule has 1 unspecified atom stereocenters. The highest BCUT2D eigenvalue weighted by molar-refractivity contribution is 5.94. The monoisotopic (exact) mass is 366 g/mol. The second-order valence-electron chi connectivity index (χ2n) is 6.91. The van der Waals surface area contributed by atoms with E-state index < -0.39 is 6.10 Å². The van der Waals surface area contributed by atoms with E-state index in [2.05, 4.69) is 15.1 Å². The van der Waals surface area contributed by atoms with Gasteiger partial charge in [-0.3, -0.25) is 9.48 Å². The number of rotatable bonds is 3. The van der Waals surface area contributed by atoms with Crippen molar-refractivity contribution in [2.75, 3.05) is 13.1 Å². The van der Waals surface area contributed by atoms with Crippen LogP contribution in [-0.4, -0.2) is 59.4 Å². The first-order valence-corrected chi connectivity index (χ1v) is 8.97. The van der Waals surface area contributed by atoms with E-state index >= 15 is 0 Å². The average molecular weight is 366 g/mol. The van der Waals surface area contributed by atoms with E-state index in [-0.39, 0.29) is 5.91 Å². The fourth-order valence-electron chi connectivity index (χ4n) is 3.44. The first-order valence-electron chi connectivity index (χ1n) is 8.97. The molecule has 3 aromatic rings. The Kier molecular flexibility index (Phi) is 4.49. The van der Waals surface area contributed by atoms with E-state index in [9.17, 15) is 9.90 Å². The number of β-amino-alcohol motifs (C(OH)–C–C–N with tert-alkyl or cyclic N) is 1. The minimum absolute atomic E-state index is 0.0603. The molecule has 1 aliphatic rings. The van der Waals surface area contributed by atoms with Crippen LogP contribution >= 0.6 is 0 Å². The van der Waals surface area contributed by atoms with Gasteiger partial charge in [0.1, 0.15) is 11.4 Å². The smallest absolute Gasteiger partial charge is 0.270 e. The number of nitrogens with zero attached hydrogens (tertiary/aromatic N) is 6. The summed E-state index contributed by atoms with van der Waals surface area (Å²) in [4.78, 5) is 23.4. The Morgan fingerprint density at radius 3 is 2.67 bits per heavy atom. The number of aliphatic hydroxyl groups excluding tert-OH is 1. The average Bonchev–Trinajstić information content (AvgIpc) is 3.27. The van der Waals surface area contributed by atoms with E-state index in [1.165, 1.54) is 0 Å². The molecule has 8 nitrogen and oxygen atoms in total. The molecule has 27 heavy (non-hydrogen) atoms. The molecular formula is C19H22N6O2. The normalized spacial score (nSPS) is 17.3. The molecule has 1 amide bonds. The molecule has 4 rings (SSSR count). The van der Waals surface area contributed by atoms with Crippen molar-refractivity contribution in [3.8, 4) is 22.6 Å². The van der Waals surface area contributed by atoms with Gasteiger partial charge in [-0.2, -0.15) is 5.10 Å². The fraction of sp³-hybridized carbons (Fsp3) is 0.368. The van der Waals surface area contributed by atoms with Crippen molar-refractivity contribution in [1.29, 1.82) is 0 Å². The van der Waals surface area contributed by atoms with Gasteiger partial charge in [0, 0.05) is 63.1 Å². The van der Waals surface area contributed by atoms with Gasteiger partial charge in [0.2, 0.25) is 0 Å². The Morgan fingerprint density at radius 1 is 1.22 bits per heavy atom. The van der Waals surface area contributed by atoms with Gasteiger partial charge in [-0.25, -0.2) is 9.97 Å². The molecule has 0 saturated carbocycles. The number of carbonyl (C=O) groups excluding carboxylic acids is 1. The lowest BCUT2D eigenvalue weighted by Crippen LogP contribution is -2.42. The molecule has 1 atom stereocenters. The van der Waals surface area contributed by atoms with E-state index in [0.717, 1.165) is 29.7 Å². The van der Waals surface area contributed by atoms with Crippen LogP contribution in [0.1, 0.15) is 23.3 Å². The van der Waals surface area contributed by atoms with E-state index in [0.29, 0.717) is 24.6 Å². The summed E-state index contributed by atoms with van der Waals surface area (Å²) in [5.74, 6) is 0.545. The number of aromatic nitrogens is 5. The summed E-state index contributed by atoms with van der Waals surface area (Å²) in [6.45, 7) is 1.07. The number of carbonyl (C=O) groups is 1. The molecule has 1 fully saturated rings. The first kappa shape index (κ1) is 17.4. The SMILES string of the molecule is Cn1cc(-c2cnc(-c3ccnn3C)nc2)cc1C(=O)N1CCCC(O)C1. The Balaban J connectivity index is 1.58. The predicted molar refractivity (Wildman–Crippen MR) is 99.8 cm³/mol. The minimum Gasteiger partial charge on any atom is -0.391 e. The van der Waals surface area contributed by atoms with Crippen molar-refractivity contribution in [3.63, 3.8) is 0 Å². The van der Waals surface area contributed by atoms with Gasteiger partial charge < -0.3 is 14.6 Å². The van der Waals surface area contributed by atoms with Gasteiger partial charge in [0.15, 0.2) is 5.82 Å². The number of aliphatic hydroxyl groups is 1. The number of aryl methyl sites for hydroxylation is 2. The number of likely N-dealkylation sites (tertiary alicyclic amines) is 1. The summed E-state index contributed by atoms with van der Waals surface area (Å²) in [6, 6.07) is 3.72. The second kappa shape index (κ2) is 6.96. The highest BCUT2D eigenvalue weighted by atomic mass is 16.3. The summed E-state index contributed by atoms with van der Waals surface area (Å²) in [5, 5.41) is 14.0. The van der Waals surface area contributed by atoms with Crippen LogP contribution in [0.5, 0.6) is 0 Å². The van der Waals surface area contributed by atoms with Crippen molar-refractivity contribution in [2.24, 2.45) is 14.1 Å². The first-order chi connectivity index (χ1) is 13.0. The molecule has 1 saturated heterocycles. The van der Waals surface area contributed by atoms with Crippen LogP contribution in [-0.2, 0) is 14.1 Å². The van der Waals surface area contributed by atoms with Crippen molar-refractivity contribution >= 4 is 5.91 Å². The van der Waals surface area contributed by atoms with Crippen LogP contribution in [0.15, 0.2) is 36.9 Å². The third-order valence-electron chi connectivity index (χ3n) is 4.94. The summed E-state index contributed by atoms with van der Waals surface area (Å²) < 4.78 is 3.54. The fourth-order valence-corrected chi connectivity index (χ4v) is 3.44. The quantitative estimate of drug-likeness (QED) is 0.758. The lowest BCUT2D eigenvalue weighted by molar-refractivity contribution is 0.0466. The number of piperidine rings is 1. The minimum atomic E-state index is -0.435. The molecule has 1 N–H and O–H groups in total. The zero-order valence-electron chi connectivity index (χ0n) is 15.4. The van der Waals surface area contributed by atoms with E-state index in [4.69, 9.17) is 0 Å². The molecule has 1 aliphatic heterocycles. The topological polar surface area (TPSA) is 89.1 Å². The van der Waals surface area contributed by atoms with Crippen molar-refractivity contribution in [1.82, 2.24) is 29.2 Å². The van der Waals surface area contributed by atoms with E-state index in [1.807, 2.05) is 37.0 Å². The lowest BCUT2D eigenvalue weighted by Gasteiger charge is -2.30. The van der Waals surface area contributed by atoms with Gasteiger partial charge in [0.25, 0.3) is 5.91 Å². The molecule has 0 spiro atoms. The van der Waals surface area contributed by atoms with E-state index in [1.54, 1.807) is 28.2 Å². The molecule has 0 bridgehead atoms. The maximum absolute atomic E-state index is 12.8. The molecule has 0 aliphatic carbocycles.